The van der Waals surface area contributed by atoms with E-state index in [1.807, 2.05) is 38.1 Å². The highest BCUT2D eigenvalue weighted by Crippen LogP contribution is 2.24. The quantitative estimate of drug-likeness (QED) is 0.816. The van der Waals surface area contributed by atoms with Crippen LogP contribution in [0.4, 0.5) is 0 Å². The zero-order valence-corrected chi connectivity index (χ0v) is 16.1. The molecule has 134 valence electrons. The molecule has 1 amide bonds. The molecule has 0 saturated heterocycles. The maximum Gasteiger partial charge on any atom is 0.226 e. The van der Waals surface area contributed by atoms with E-state index < -0.39 is 5.41 Å². The van der Waals surface area contributed by atoms with Crippen LogP contribution >= 0.6 is 24.0 Å². The van der Waals surface area contributed by atoms with Gasteiger partial charge in [-0.2, -0.15) is 0 Å². The highest BCUT2D eigenvalue weighted by Gasteiger charge is 2.27. The Labute approximate surface area is 160 Å². The van der Waals surface area contributed by atoms with Gasteiger partial charge in [-0.15, -0.1) is 12.4 Å². The zero-order valence-electron chi connectivity index (χ0n) is 14.6. The van der Waals surface area contributed by atoms with Crippen molar-refractivity contribution in [1.29, 1.82) is 0 Å². The second-order valence-electron chi connectivity index (χ2n) is 7.08. The van der Waals surface area contributed by atoms with Crippen molar-refractivity contribution < 1.29 is 4.79 Å². The van der Waals surface area contributed by atoms with Gasteiger partial charge in [0.1, 0.15) is 0 Å². The summed E-state index contributed by atoms with van der Waals surface area (Å²) in [4.78, 5) is 12.6. The summed E-state index contributed by atoms with van der Waals surface area (Å²) in [7, 11) is 0. The molecule has 0 radical (unpaired) electrons. The highest BCUT2D eigenvalue weighted by molar-refractivity contribution is 6.30. The van der Waals surface area contributed by atoms with E-state index >= 15 is 0 Å². The number of benzene rings is 2. The van der Waals surface area contributed by atoms with E-state index in [-0.39, 0.29) is 18.3 Å². The van der Waals surface area contributed by atoms with Gasteiger partial charge in [-0.05, 0) is 40.8 Å². The third kappa shape index (κ3) is 4.97. The summed E-state index contributed by atoms with van der Waals surface area (Å²) in [6, 6.07) is 14.1. The van der Waals surface area contributed by atoms with Crippen molar-refractivity contribution >= 4 is 29.9 Å². The van der Waals surface area contributed by atoms with E-state index in [0.717, 1.165) is 24.2 Å². The molecule has 0 saturated carbocycles. The number of carbonyl (C=O) groups is 1. The van der Waals surface area contributed by atoms with Crippen LogP contribution in [0.5, 0.6) is 0 Å². The molecule has 0 aliphatic carbocycles. The molecule has 2 N–H and O–H groups in total. The first-order valence-electron chi connectivity index (χ1n) is 8.28. The molecule has 1 aliphatic heterocycles. The molecule has 1 heterocycles. The minimum atomic E-state index is -0.483. The Morgan fingerprint density at radius 2 is 1.88 bits per heavy atom. The second-order valence-corrected chi connectivity index (χ2v) is 7.52. The fourth-order valence-electron chi connectivity index (χ4n) is 3.12. The molecule has 1 aliphatic rings. The van der Waals surface area contributed by atoms with Crippen molar-refractivity contribution in [3.05, 3.63) is 69.7 Å². The lowest BCUT2D eigenvalue weighted by atomic mass is 9.84. The van der Waals surface area contributed by atoms with Crippen LogP contribution in [-0.2, 0) is 30.8 Å². The van der Waals surface area contributed by atoms with E-state index in [0.29, 0.717) is 18.0 Å². The fourth-order valence-corrected chi connectivity index (χ4v) is 3.33. The van der Waals surface area contributed by atoms with Crippen molar-refractivity contribution in [2.75, 3.05) is 0 Å². The van der Waals surface area contributed by atoms with Gasteiger partial charge in [-0.3, -0.25) is 4.79 Å². The molecule has 2 aromatic rings. The van der Waals surface area contributed by atoms with Gasteiger partial charge in [0, 0.05) is 30.1 Å². The normalized spacial score (nSPS) is 13.1. The molecule has 25 heavy (non-hydrogen) atoms. The minimum Gasteiger partial charge on any atom is -0.352 e. The lowest BCUT2D eigenvalue weighted by molar-refractivity contribution is -0.129. The first kappa shape index (κ1) is 19.8. The van der Waals surface area contributed by atoms with Gasteiger partial charge < -0.3 is 10.6 Å². The van der Waals surface area contributed by atoms with Crippen LogP contribution < -0.4 is 10.6 Å². The highest BCUT2D eigenvalue weighted by atomic mass is 35.5. The number of hydrogen-bond acceptors (Lipinski definition) is 2. The number of fused-ring (bicyclic) bond motifs is 1. The third-order valence-electron chi connectivity index (χ3n) is 4.50. The molecule has 2 aromatic carbocycles. The maximum absolute atomic E-state index is 12.6. The van der Waals surface area contributed by atoms with Crippen molar-refractivity contribution in [3.8, 4) is 0 Å². The molecule has 5 heteroatoms. The summed E-state index contributed by atoms with van der Waals surface area (Å²) < 4.78 is 0. The molecule has 0 atom stereocenters. The average molecular weight is 379 g/mol. The van der Waals surface area contributed by atoms with Gasteiger partial charge in [0.2, 0.25) is 5.91 Å². The van der Waals surface area contributed by atoms with Crippen LogP contribution in [0.3, 0.4) is 0 Å². The monoisotopic (exact) mass is 378 g/mol. The number of nitrogens with one attached hydrogen (secondary N) is 2. The summed E-state index contributed by atoms with van der Waals surface area (Å²) in [6.45, 7) is 6.35. The number of carbonyl (C=O) groups excluding carboxylic acids is 1. The summed E-state index contributed by atoms with van der Waals surface area (Å²) in [5, 5.41) is 7.11. The lowest BCUT2D eigenvalue weighted by Gasteiger charge is -2.24. The smallest absolute Gasteiger partial charge is 0.226 e. The Morgan fingerprint density at radius 1 is 1.12 bits per heavy atom. The minimum absolute atomic E-state index is 0. The van der Waals surface area contributed by atoms with Crippen molar-refractivity contribution in [1.82, 2.24) is 10.6 Å². The second kappa shape index (κ2) is 8.22. The van der Waals surface area contributed by atoms with Crippen molar-refractivity contribution in [2.45, 2.75) is 39.9 Å². The standard InChI is InChI=1S/C20H23ClN2O.ClH/c1-20(2,10-14-4-3-5-18(21)9-14)19(24)23-11-15-6-7-16-12-22-13-17(16)8-15;/h3-9,22H,10-13H2,1-2H3,(H,23,24);1H. The van der Waals surface area contributed by atoms with Crippen LogP contribution in [0.1, 0.15) is 36.1 Å². The Bertz CT molecular complexity index is 759. The summed E-state index contributed by atoms with van der Waals surface area (Å²) in [5.41, 5.74) is 4.42. The average Bonchev–Trinajstić information content (AvgIpc) is 2.99. The molecule has 0 bridgehead atoms. The maximum atomic E-state index is 12.6. The Morgan fingerprint density at radius 3 is 2.64 bits per heavy atom. The van der Waals surface area contributed by atoms with Gasteiger partial charge in [-0.25, -0.2) is 0 Å². The van der Waals surface area contributed by atoms with E-state index in [4.69, 9.17) is 11.6 Å². The number of rotatable bonds is 5. The molecule has 0 spiro atoms. The Hall–Kier alpha value is -1.55. The summed E-state index contributed by atoms with van der Waals surface area (Å²) in [5.74, 6) is 0.0566. The van der Waals surface area contributed by atoms with E-state index in [1.54, 1.807) is 0 Å². The van der Waals surface area contributed by atoms with Gasteiger partial charge >= 0.3 is 0 Å². The van der Waals surface area contributed by atoms with Crippen molar-refractivity contribution in [3.63, 3.8) is 0 Å². The van der Waals surface area contributed by atoms with Gasteiger partial charge in [0.25, 0.3) is 0 Å². The number of halogens is 2. The first-order chi connectivity index (χ1) is 11.4. The molecule has 3 nitrogen and oxygen atoms in total. The van der Waals surface area contributed by atoms with E-state index in [9.17, 15) is 4.79 Å². The Balaban J connectivity index is 0.00000225. The van der Waals surface area contributed by atoms with Gasteiger partial charge in [0.15, 0.2) is 0 Å². The summed E-state index contributed by atoms with van der Waals surface area (Å²) in [6.07, 6.45) is 0.660. The van der Waals surface area contributed by atoms with E-state index in [2.05, 4.69) is 28.8 Å². The van der Waals surface area contributed by atoms with Crippen LogP contribution in [0.15, 0.2) is 42.5 Å². The van der Waals surface area contributed by atoms with E-state index in [1.165, 1.54) is 11.1 Å². The van der Waals surface area contributed by atoms with Crippen LogP contribution in [0, 0.1) is 5.41 Å². The topological polar surface area (TPSA) is 41.1 Å². The molecular weight excluding hydrogens is 355 g/mol. The first-order valence-corrected chi connectivity index (χ1v) is 8.66. The lowest BCUT2D eigenvalue weighted by Crippen LogP contribution is -2.38. The largest absolute Gasteiger partial charge is 0.352 e. The SMILES string of the molecule is CC(C)(Cc1cccc(Cl)c1)C(=O)NCc1ccc2c(c1)CNC2.Cl. The van der Waals surface area contributed by atoms with Gasteiger partial charge in [-0.1, -0.05) is 55.8 Å². The molecule has 3 rings (SSSR count). The number of hydrogen-bond donors (Lipinski definition) is 2. The van der Waals surface area contributed by atoms with Crippen molar-refractivity contribution in [2.24, 2.45) is 5.41 Å². The van der Waals surface area contributed by atoms with Crippen LogP contribution in [0.25, 0.3) is 0 Å². The van der Waals surface area contributed by atoms with Crippen LogP contribution in [-0.4, -0.2) is 5.91 Å². The van der Waals surface area contributed by atoms with Gasteiger partial charge in [0.05, 0.1) is 0 Å². The predicted octanol–water partition coefficient (Wildman–Crippen LogP) is 4.25. The Kier molecular flexibility index (Phi) is 6.50. The fraction of sp³-hybridized carbons (Fsp3) is 0.350. The number of amides is 1. The molecule has 0 fully saturated rings. The summed E-state index contributed by atoms with van der Waals surface area (Å²) >= 11 is 6.04. The predicted molar refractivity (Wildman–Crippen MR) is 105 cm³/mol. The molecular formula is C20H24Cl2N2O. The van der Waals surface area contributed by atoms with Crippen LogP contribution in [0.2, 0.25) is 5.02 Å². The third-order valence-corrected chi connectivity index (χ3v) is 4.74. The zero-order chi connectivity index (χ0) is 17.2. The molecule has 0 aromatic heterocycles. The molecule has 0 unspecified atom stereocenters.